The van der Waals surface area contributed by atoms with Crippen molar-refractivity contribution >= 4 is 42.1 Å². The van der Waals surface area contributed by atoms with E-state index in [0.717, 1.165) is 11.1 Å². The van der Waals surface area contributed by atoms with Gasteiger partial charge >= 0.3 is 5.97 Å². The summed E-state index contributed by atoms with van der Waals surface area (Å²) in [6, 6.07) is 6.78. The van der Waals surface area contributed by atoms with Crippen LogP contribution < -0.4 is 11.1 Å². The molecule has 1 aromatic carbocycles. The maximum atomic E-state index is 13.0. The zero-order chi connectivity index (χ0) is 21.1. The SMILES string of the molecule is CCOC(=O)[C@H](CCSC)NC(=O)[C@H](Cc1ccccc1CN)C(S)C(C)=O. The fourth-order valence-electron chi connectivity index (χ4n) is 2.83. The van der Waals surface area contributed by atoms with Crippen molar-refractivity contribution in [2.24, 2.45) is 11.7 Å². The average molecular weight is 427 g/mol. The number of hydrogen-bond acceptors (Lipinski definition) is 7. The molecule has 1 unspecified atom stereocenters. The zero-order valence-electron chi connectivity index (χ0n) is 16.6. The van der Waals surface area contributed by atoms with E-state index in [0.29, 0.717) is 25.1 Å². The topological polar surface area (TPSA) is 98.5 Å². The van der Waals surface area contributed by atoms with Gasteiger partial charge in [-0.1, -0.05) is 24.3 Å². The number of carbonyl (C=O) groups is 3. The molecule has 0 spiro atoms. The van der Waals surface area contributed by atoms with Crippen LogP contribution in [-0.4, -0.2) is 47.6 Å². The Bertz CT molecular complexity index is 669. The number of nitrogens with two attached hydrogens (primary N) is 1. The van der Waals surface area contributed by atoms with Crippen molar-refractivity contribution in [3.05, 3.63) is 35.4 Å². The summed E-state index contributed by atoms with van der Waals surface area (Å²) in [5.74, 6) is -1.09. The molecule has 1 amide bonds. The summed E-state index contributed by atoms with van der Waals surface area (Å²) in [4.78, 5) is 37.2. The molecule has 6 nitrogen and oxygen atoms in total. The van der Waals surface area contributed by atoms with Gasteiger partial charge in [0.2, 0.25) is 5.91 Å². The molecule has 0 radical (unpaired) electrons. The van der Waals surface area contributed by atoms with E-state index in [1.54, 1.807) is 18.7 Å². The van der Waals surface area contributed by atoms with Crippen LogP contribution >= 0.6 is 24.4 Å². The molecule has 0 aliphatic carbocycles. The summed E-state index contributed by atoms with van der Waals surface area (Å²) < 4.78 is 5.08. The first-order chi connectivity index (χ1) is 13.3. The minimum atomic E-state index is -0.783. The van der Waals surface area contributed by atoms with Gasteiger partial charge in [0, 0.05) is 6.54 Å². The summed E-state index contributed by atoms with van der Waals surface area (Å²) in [6.07, 6.45) is 2.69. The van der Waals surface area contributed by atoms with E-state index in [4.69, 9.17) is 10.5 Å². The van der Waals surface area contributed by atoms with E-state index in [-0.39, 0.29) is 18.3 Å². The van der Waals surface area contributed by atoms with E-state index >= 15 is 0 Å². The number of nitrogens with one attached hydrogen (secondary N) is 1. The lowest BCUT2D eigenvalue weighted by molar-refractivity contribution is -0.148. The molecule has 0 aliphatic rings. The van der Waals surface area contributed by atoms with Crippen LogP contribution in [0.1, 0.15) is 31.4 Å². The Kier molecular flexibility index (Phi) is 11.3. The van der Waals surface area contributed by atoms with Gasteiger partial charge in [0.1, 0.15) is 11.8 Å². The second kappa shape index (κ2) is 12.9. The first-order valence-electron chi connectivity index (χ1n) is 9.26. The maximum Gasteiger partial charge on any atom is 0.328 e. The summed E-state index contributed by atoms with van der Waals surface area (Å²) >= 11 is 5.95. The van der Waals surface area contributed by atoms with Gasteiger partial charge in [-0.3, -0.25) is 9.59 Å². The highest BCUT2D eigenvalue weighted by Gasteiger charge is 2.32. The van der Waals surface area contributed by atoms with Crippen molar-refractivity contribution in [2.45, 2.75) is 44.5 Å². The van der Waals surface area contributed by atoms with E-state index in [9.17, 15) is 14.4 Å². The normalized spacial score (nSPS) is 14.0. The number of Topliss-reactive ketones (excluding diaryl/α,β-unsaturated/α-hetero) is 1. The van der Waals surface area contributed by atoms with Crippen molar-refractivity contribution in [3.8, 4) is 0 Å². The minimum Gasteiger partial charge on any atom is -0.464 e. The Morgan fingerprint density at radius 2 is 1.89 bits per heavy atom. The molecule has 0 fully saturated rings. The number of benzene rings is 1. The van der Waals surface area contributed by atoms with Gasteiger partial charge in [-0.25, -0.2) is 4.79 Å². The van der Waals surface area contributed by atoms with Gasteiger partial charge in [-0.2, -0.15) is 24.4 Å². The van der Waals surface area contributed by atoms with Crippen molar-refractivity contribution in [1.82, 2.24) is 5.32 Å². The summed E-state index contributed by atoms with van der Waals surface area (Å²) in [5, 5.41) is 1.99. The molecule has 0 aromatic heterocycles. The molecule has 0 bridgehead atoms. The molecule has 1 aromatic rings. The fourth-order valence-corrected chi connectivity index (χ4v) is 3.54. The number of ether oxygens (including phenoxy) is 1. The molecule has 0 aliphatic heterocycles. The number of amides is 1. The summed E-state index contributed by atoms with van der Waals surface area (Å²) in [5.41, 5.74) is 7.60. The predicted octanol–water partition coefficient (Wildman–Crippen LogP) is 1.99. The van der Waals surface area contributed by atoms with Crippen LogP contribution in [-0.2, 0) is 32.1 Å². The number of carbonyl (C=O) groups excluding carboxylic acids is 3. The highest BCUT2D eigenvalue weighted by molar-refractivity contribution is 7.98. The Morgan fingerprint density at radius 3 is 2.43 bits per heavy atom. The Hall–Kier alpha value is -1.51. The van der Waals surface area contributed by atoms with Crippen LogP contribution in [0, 0.1) is 5.92 Å². The van der Waals surface area contributed by atoms with Crippen LogP contribution in [0.4, 0.5) is 0 Å². The molecule has 1 rings (SSSR count). The zero-order valence-corrected chi connectivity index (χ0v) is 18.4. The number of rotatable bonds is 12. The van der Waals surface area contributed by atoms with Gasteiger partial charge in [0.25, 0.3) is 0 Å². The summed E-state index contributed by atoms with van der Waals surface area (Å²) in [7, 11) is 0. The predicted molar refractivity (Wildman–Crippen MR) is 117 cm³/mol. The molecule has 8 heteroatoms. The minimum absolute atomic E-state index is 0.203. The Balaban J connectivity index is 3.06. The molecule has 28 heavy (non-hydrogen) atoms. The highest BCUT2D eigenvalue weighted by atomic mass is 32.2. The molecule has 3 N–H and O–H groups in total. The first kappa shape index (κ1) is 24.5. The first-order valence-corrected chi connectivity index (χ1v) is 11.2. The second-order valence-corrected chi connectivity index (χ2v) is 7.98. The van der Waals surface area contributed by atoms with Crippen LogP contribution in [0.25, 0.3) is 0 Å². The molecule has 3 atom stereocenters. The van der Waals surface area contributed by atoms with Gasteiger partial charge in [-0.15, -0.1) is 0 Å². The third kappa shape index (κ3) is 7.48. The molecule has 156 valence electrons. The number of thiol groups is 1. The van der Waals surface area contributed by atoms with E-state index in [1.807, 2.05) is 30.5 Å². The Morgan fingerprint density at radius 1 is 1.25 bits per heavy atom. The van der Waals surface area contributed by atoms with Crippen molar-refractivity contribution < 1.29 is 19.1 Å². The second-order valence-electron chi connectivity index (χ2n) is 6.43. The van der Waals surface area contributed by atoms with Crippen molar-refractivity contribution in [3.63, 3.8) is 0 Å². The van der Waals surface area contributed by atoms with E-state index in [2.05, 4.69) is 17.9 Å². The van der Waals surface area contributed by atoms with Gasteiger partial charge in [0.15, 0.2) is 0 Å². The lowest BCUT2D eigenvalue weighted by atomic mass is 9.90. The number of hydrogen-bond donors (Lipinski definition) is 3. The van der Waals surface area contributed by atoms with Crippen LogP contribution in [0.3, 0.4) is 0 Å². The largest absolute Gasteiger partial charge is 0.464 e. The fraction of sp³-hybridized carbons (Fsp3) is 0.550. The smallest absolute Gasteiger partial charge is 0.328 e. The average Bonchev–Trinajstić information content (AvgIpc) is 2.68. The molecular weight excluding hydrogens is 396 g/mol. The molecule has 0 saturated heterocycles. The van der Waals surface area contributed by atoms with Crippen LogP contribution in [0.15, 0.2) is 24.3 Å². The van der Waals surface area contributed by atoms with Crippen LogP contribution in [0.5, 0.6) is 0 Å². The number of esters is 1. The third-order valence-corrected chi connectivity index (χ3v) is 5.78. The number of ketones is 1. The molecule has 0 heterocycles. The van der Waals surface area contributed by atoms with Gasteiger partial charge in [-0.05, 0) is 49.8 Å². The highest BCUT2D eigenvalue weighted by Crippen LogP contribution is 2.21. The van der Waals surface area contributed by atoms with Crippen LogP contribution in [0.2, 0.25) is 0 Å². The van der Waals surface area contributed by atoms with Gasteiger partial charge in [0.05, 0.1) is 17.8 Å². The van der Waals surface area contributed by atoms with Crippen molar-refractivity contribution in [2.75, 3.05) is 18.6 Å². The molecular formula is C20H30N2O4S2. The monoisotopic (exact) mass is 426 g/mol. The van der Waals surface area contributed by atoms with Crippen molar-refractivity contribution in [1.29, 1.82) is 0 Å². The third-order valence-electron chi connectivity index (χ3n) is 4.41. The standard InChI is InChI=1S/C20H30N2O4S2/c1-4-26-20(25)17(9-10-28-3)22-19(24)16(18(27)13(2)23)11-14-7-5-6-8-15(14)12-21/h5-8,16-18,27H,4,9-12,21H2,1-3H3,(H,22,24)/t16-,17+,18?/m1/s1. The van der Waals surface area contributed by atoms with E-state index < -0.39 is 23.2 Å². The lowest BCUT2D eigenvalue weighted by Crippen LogP contribution is -2.48. The quantitative estimate of drug-likeness (QED) is 0.349. The lowest BCUT2D eigenvalue weighted by Gasteiger charge is -2.25. The van der Waals surface area contributed by atoms with E-state index in [1.165, 1.54) is 6.92 Å². The summed E-state index contributed by atoms with van der Waals surface area (Å²) in [6.45, 7) is 3.70. The Labute approximate surface area is 176 Å². The van der Waals surface area contributed by atoms with Gasteiger partial charge < -0.3 is 15.8 Å². The molecule has 0 saturated carbocycles. The maximum absolute atomic E-state index is 13.0. The number of thioether (sulfide) groups is 1.